The van der Waals surface area contributed by atoms with Crippen molar-refractivity contribution in [2.24, 2.45) is 0 Å². The van der Waals surface area contributed by atoms with Crippen LogP contribution in [-0.4, -0.2) is 11.1 Å². The number of benzene rings is 1. The molecule has 0 radical (unpaired) electrons. The van der Waals surface area contributed by atoms with E-state index in [0.717, 1.165) is 0 Å². The fraction of sp³-hybridized carbons (Fsp3) is 0.125. The number of carbonyl (C=O) groups excluding carboxylic acids is 1. The molecular weight excluding hydrogens is 252 g/mol. The van der Waals surface area contributed by atoms with E-state index in [4.69, 9.17) is 5.11 Å². The minimum absolute atomic E-state index is 0. The van der Waals surface area contributed by atoms with Crippen molar-refractivity contribution in [3.63, 3.8) is 0 Å². The van der Waals surface area contributed by atoms with Gasteiger partial charge in [-0.2, -0.15) is 0 Å². The zero-order valence-electron chi connectivity index (χ0n) is 6.03. The van der Waals surface area contributed by atoms with Crippen LogP contribution in [0.4, 0.5) is 0 Å². The fourth-order valence-electron chi connectivity index (χ4n) is 0.771. The van der Waals surface area contributed by atoms with E-state index in [0.29, 0.717) is 5.56 Å². The second-order valence-electron chi connectivity index (χ2n) is 2.13. The van der Waals surface area contributed by atoms with Crippen molar-refractivity contribution < 1.29 is 37.4 Å². The standard InChI is InChI=1S/C8H8O3.Ag/c9-7(8(10)11)6-4-2-1-3-5-6;/h1-5,7,9H,(H,10,11);/q;+1/p-1/t7-;/m0./s1. The van der Waals surface area contributed by atoms with E-state index >= 15 is 0 Å². The normalized spacial score (nSPS) is 11.4. The molecule has 1 aromatic carbocycles. The van der Waals surface area contributed by atoms with Crippen LogP contribution in [0.1, 0.15) is 11.7 Å². The SMILES string of the molecule is O=C([O-])[C@@H](O)c1ccccc1.[Ag+]. The van der Waals surface area contributed by atoms with Crippen molar-refractivity contribution in [2.45, 2.75) is 6.10 Å². The summed E-state index contributed by atoms with van der Waals surface area (Å²) in [6, 6.07) is 8.11. The Hall–Kier alpha value is -0.610. The number of aliphatic hydroxyl groups is 1. The van der Waals surface area contributed by atoms with Crippen LogP contribution in [0, 0.1) is 0 Å². The number of carboxylic acids is 1. The maximum Gasteiger partial charge on any atom is 1.00 e. The van der Waals surface area contributed by atoms with Crippen LogP contribution in [0.5, 0.6) is 0 Å². The molecule has 1 atom stereocenters. The molecule has 0 heterocycles. The first-order chi connectivity index (χ1) is 5.22. The first kappa shape index (κ1) is 11.4. The Labute approximate surface area is 85.5 Å². The van der Waals surface area contributed by atoms with Gasteiger partial charge in [0.1, 0.15) is 6.10 Å². The molecule has 0 amide bonds. The monoisotopic (exact) mass is 258 g/mol. The zero-order chi connectivity index (χ0) is 8.27. The predicted octanol–water partition coefficient (Wildman–Crippen LogP) is -0.533. The summed E-state index contributed by atoms with van der Waals surface area (Å²) in [6.45, 7) is 0. The third kappa shape index (κ3) is 2.79. The van der Waals surface area contributed by atoms with Crippen LogP contribution in [0.15, 0.2) is 30.3 Å². The van der Waals surface area contributed by atoms with Gasteiger partial charge >= 0.3 is 22.4 Å². The first-order valence-corrected chi connectivity index (χ1v) is 3.15. The average molecular weight is 259 g/mol. The Kier molecular flexibility index (Phi) is 4.85. The van der Waals surface area contributed by atoms with Gasteiger partial charge in [0.15, 0.2) is 0 Å². The van der Waals surface area contributed by atoms with Crippen LogP contribution in [-0.2, 0) is 27.2 Å². The summed E-state index contributed by atoms with van der Waals surface area (Å²) in [7, 11) is 0. The summed E-state index contributed by atoms with van der Waals surface area (Å²) >= 11 is 0. The number of hydrogen-bond acceptors (Lipinski definition) is 3. The maximum absolute atomic E-state index is 10.1. The minimum atomic E-state index is -1.52. The summed E-state index contributed by atoms with van der Waals surface area (Å²) in [5.41, 5.74) is 0.340. The van der Waals surface area contributed by atoms with Gasteiger partial charge in [-0.25, -0.2) is 0 Å². The van der Waals surface area contributed by atoms with E-state index in [2.05, 4.69) is 0 Å². The van der Waals surface area contributed by atoms with E-state index < -0.39 is 12.1 Å². The van der Waals surface area contributed by atoms with Crippen LogP contribution in [0.25, 0.3) is 0 Å². The Morgan fingerprint density at radius 1 is 1.33 bits per heavy atom. The minimum Gasteiger partial charge on any atom is -0.547 e. The quantitative estimate of drug-likeness (QED) is 0.726. The molecule has 68 valence electrons. The Balaban J connectivity index is 0.00000121. The van der Waals surface area contributed by atoms with Crippen LogP contribution >= 0.6 is 0 Å². The van der Waals surface area contributed by atoms with Gasteiger partial charge in [0.25, 0.3) is 0 Å². The second-order valence-corrected chi connectivity index (χ2v) is 2.13. The summed E-state index contributed by atoms with van der Waals surface area (Å²) in [5, 5.41) is 19.1. The third-order valence-corrected chi connectivity index (χ3v) is 1.34. The molecule has 0 saturated carbocycles. The van der Waals surface area contributed by atoms with Gasteiger partial charge in [-0.05, 0) is 5.56 Å². The van der Waals surface area contributed by atoms with E-state index in [-0.39, 0.29) is 22.4 Å². The largest absolute Gasteiger partial charge is 1.00 e. The summed E-state index contributed by atoms with van der Waals surface area (Å²) in [5.74, 6) is -1.48. The van der Waals surface area contributed by atoms with Crippen molar-refractivity contribution in [3.8, 4) is 0 Å². The molecule has 0 saturated heterocycles. The van der Waals surface area contributed by atoms with Crippen molar-refractivity contribution in [1.29, 1.82) is 0 Å². The number of carboxylic acid groups (broad SMARTS) is 1. The van der Waals surface area contributed by atoms with Crippen LogP contribution < -0.4 is 5.11 Å². The van der Waals surface area contributed by atoms with Gasteiger partial charge in [0.2, 0.25) is 0 Å². The molecule has 0 aliphatic carbocycles. The molecule has 4 heteroatoms. The summed E-state index contributed by atoms with van der Waals surface area (Å²) in [6.07, 6.45) is -1.52. The first-order valence-electron chi connectivity index (χ1n) is 3.15. The molecule has 1 aromatic rings. The molecule has 0 aliphatic heterocycles. The molecule has 3 nitrogen and oxygen atoms in total. The Morgan fingerprint density at radius 2 is 1.83 bits per heavy atom. The van der Waals surface area contributed by atoms with Gasteiger partial charge in [-0.3, -0.25) is 0 Å². The predicted molar refractivity (Wildman–Crippen MR) is 36.4 cm³/mol. The summed E-state index contributed by atoms with van der Waals surface area (Å²) in [4.78, 5) is 10.1. The van der Waals surface area contributed by atoms with Gasteiger partial charge in [0.05, 0.1) is 5.97 Å². The fourth-order valence-corrected chi connectivity index (χ4v) is 0.771. The Bertz CT molecular complexity index is 248. The third-order valence-electron chi connectivity index (χ3n) is 1.34. The van der Waals surface area contributed by atoms with E-state index in [1.54, 1.807) is 18.2 Å². The molecule has 1 N–H and O–H groups in total. The molecule has 0 spiro atoms. The van der Waals surface area contributed by atoms with Crippen LogP contribution in [0.2, 0.25) is 0 Å². The average Bonchev–Trinajstić information content (AvgIpc) is 2.05. The van der Waals surface area contributed by atoms with Gasteiger partial charge < -0.3 is 15.0 Å². The molecule has 12 heavy (non-hydrogen) atoms. The molecule has 0 bridgehead atoms. The van der Waals surface area contributed by atoms with E-state index in [1.165, 1.54) is 12.1 Å². The number of rotatable bonds is 2. The topological polar surface area (TPSA) is 60.4 Å². The number of hydrogen-bond donors (Lipinski definition) is 1. The number of aliphatic hydroxyl groups excluding tert-OH is 1. The van der Waals surface area contributed by atoms with E-state index in [1.807, 2.05) is 0 Å². The molecule has 1 rings (SSSR count). The summed E-state index contributed by atoms with van der Waals surface area (Å²) < 4.78 is 0. The maximum atomic E-state index is 10.1. The molecule has 0 unspecified atom stereocenters. The molecule has 0 aliphatic rings. The number of aliphatic carboxylic acids is 1. The molecule has 0 aromatic heterocycles. The number of carbonyl (C=O) groups is 1. The van der Waals surface area contributed by atoms with Gasteiger partial charge in [0, 0.05) is 0 Å². The smallest absolute Gasteiger partial charge is 0.547 e. The van der Waals surface area contributed by atoms with Crippen molar-refractivity contribution in [1.82, 2.24) is 0 Å². The van der Waals surface area contributed by atoms with Gasteiger partial charge in [-0.15, -0.1) is 0 Å². The van der Waals surface area contributed by atoms with E-state index in [9.17, 15) is 9.90 Å². The molecule has 0 fully saturated rings. The van der Waals surface area contributed by atoms with Crippen molar-refractivity contribution >= 4 is 5.97 Å². The zero-order valence-corrected chi connectivity index (χ0v) is 7.51. The van der Waals surface area contributed by atoms with Crippen molar-refractivity contribution in [2.75, 3.05) is 0 Å². The Morgan fingerprint density at radius 3 is 2.25 bits per heavy atom. The van der Waals surface area contributed by atoms with Gasteiger partial charge in [-0.1, -0.05) is 30.3 Å². The van der Waals surface area contributed by atoms with Crippen LogP contribution in [0.3, 0.4) is 0 Å². The second kappa shape index (κ2) is 5.11. The van der Waals surface area contributed by atoms with Crippen molar-refractivity contribution in [3.05, 3.63) is 35.9 Å². The molecular formula is C8H7AgO3.